The van der Waals surface area contributed by atoms with E-state index in [1.165, 1.54) is 0 Å². The van der Waals surface area contributed by atoms with Crippen molar-refractivity contribution in [3.63, 3.8) is 0 Å². The van der Waals surface area contributed by atoms with Crippen molar-refractivity contribution in [3.8, 4) is 11.4 Å². The Balaban J connectivity index is 1.27. The summed E-state index contributed by atoms with van der Waals surface area (Å²) in [4.78, 5) is 16.8. The number of amides is 1. The molecule has 152 valence electrons. The Kier molecular flexibility index (Phi) is 5.75. The molecule has 6 heteroatoms. The van der Waals surface area contributed by atoms with Crippen LogP contribution in [0, 0.1) is 13.8 Å². The number of carbonyl (C=O) groups is 1. The molecule has 0 saturated carbocycles. The van der Waals surface area contributed by atoms with Crippen LogP contribution < -0.4 is 10.1 Å². The highest BCUT2D eigenvalue weighted by Crippen LogP contribution is 2.22. The number of para-hydroxylation sites is 1. The van der Waals surface area contributed by atoms with Crippen molar-refractivity contribution in [2.75, 3.05) is 13.2 Å². The van der Waals surface area contributed by atoms with E-state index >= 15 is 0 Å². The number of benzene rings is 2. The Morgan fingerprint density at radius 2 is 1.87 bits per heavy atom. The van der Waals surface area contributed by atoms with E-state index in [1.807, 2.05) is 79.2 Å². The van der Waals surface area contributed by atoms with Crippen molar-refractivity contribution in [1.29, 1.82) is 0 Å². The van der Waals surface area contributed by atoms with Gasteiger partial charge in [0.1, 0.15) is 11.3 Å². The number of rotatable bonds is 7. The fraction of sp³-hybridized carbons (Fsp3) is 0.208. The maximum absolute atomic E-state index is 12.4. The van der Waals surface area contributed by atoms with Gasteiger partial charge in [-0.2, -0.15) is 5.10 Å². The number of nitrogens with zero attached hydrogens (tertiary/aromatic N) is 3. The normalized spacial score (nSPS) is 10.9. The fourth-order valence-corrected chi connectivity index (χ4v) is 3.40. The molecule has 0 unspecified atom stereocenters. The van der Waals surface area contributed by atoms with Crippen LogP contribution >= 0.6 is 0 Å². The molecule has 2 aromatic heterocycles. The smallest absolute Gasteiger partial charge is 0.251 e. The lowest BCUT2D eigenvalue weighted by Crippen LogP contribution is -2.25. The second-order valence-electron chi connectivity index (χ2n) is 7.17. The lowest BCUT2D eigenvalue weighted by molar-refractivity contribution is 0.0951. The Morgan fingerprint density at radius 3 is 2.63 bits per heavy atom. The van der Waals surface area contributed by atoms with Crippen LogP contribution in [0.15, 0.2) is 66.9 Å². The minimum atomic E-state index is -0.0956. The van der Waals surface area contributed by atoms with Gasteiger partial charge in [0.05, 0.1) is 18.0 Å². The first-order chi connectivity index (χ1) is 14.6. The zero-order valence-corrected chi connectivity index (χ0v) is 17.1. The third-order valence-electron chi connectivity index (χ3n) is 4.84. The van der Waals surface area contributed by atoms with Crippen LogP contribution in [0.3, 0.4) is 0 Å². The van der Waals surface area contributed by atoms with Crippen LogP contribution in [0.5, 0.6) is 5.75 Å². The number of hydrogen-bond donors (Lipinski definition) is 1. The molecule has 0 bridgehead atoms. The zero-order valence-electron chi connectivity index (χ0n) is 17.1. The molecule has 2 heterocycles. The number of aromatic nitrogens is 3. The lowest BCUT2D eigenvalue weighted by atomic mass is 10.2. The molecule has 2 aromatic carbocycles. The number of aryl methyl sites for hydroxylation is 2. The number of hydrogen-bond acceptors (Lipinski definition) is 4. The Hall–Kier alpha value is -3.67. The first kappa shape index (κ1) is 19.6. The quantitative estimate of drug-likeness (QED) is 0.471. The van der Waals surface area contributed by atoms with Gasteiger partial charge in [-0.05, 0) is 62.7 Å². The summed E-state index contributed by atoms with van der Waals surface area (Å²) in [6.45, 7) is 5.02. The fourth-order valence-electron chi connectivity index (χ4n) is 3.40. The van der Waals surface area contributed by atoms with Crippen LogP contribution in [0.2, 0.25) is 0 Å². The van der Waals surface area contributed by atoms with Crippen LogP contribution in [0.4, 0.5) is 0 Å². The van der Waals surface area contributed by atoms with Crippen molar-refractivity contribution in [2.45, 2.75) is 20.3 Å². The number of fused-ring (bicyclic) bond motifs is 1. The van der Waals surface area contributed by atoms with Crippen molar-refractivity contribution in [1.82, 2.24) is 20.1 Å². The minimum absolute atomic E-state index is 0.0956. The average molecular weight is 400 g/mol. The number of nitrogens with one attached hydrogen (secondary N) is 1. The monoisotopic (exact) mass is 400 g/mol. The van der Waals surface area contributed by atoms with E-state index in [2.05, 4.69) is 15.4 Å². The highest BCUT2D eigenvalue weighted by molar-refractivity contribution is 5.94. The molecule has 1 N–H and O–H groups in total. The van der Waals surface area contributed by atoms with Gasteiger partial charge in [0.15, 0.2) is 0 Å². The van der Waals surface area contributed by atoms with Gasteiger partial charge in [0, 0.05) is 29.4 Å². The molecule has 4 rings (SSSR count). The molecule has 0 aliphatic carbocycles. The molecular formula is C24H24N4O2. The summed E-state index contributed by atoms with van der Waals surface area (Å²) in [5.41, 5.74) is 4.45. The molecule has 4 aromatic rings. The first-order valence-corrected chi connectivity index (χ1v) is 10.0. The molecule has 0 atom stereocenters. The highest BCUT2D eigenvalue weighted by Gasteiger charge is 2.08. The van der Waals surface area contributed by atoms with Crippen LogP contribution in [-0.4, -0.2) is 33.8 Å². The summed E-state index contributed by atoms with van der Waals surface area (Å²) in [5.74, 6) is 0.668. The van der Waals surface area contributed by atoms with Crippen LogP contribution in [0.1, 0.15) is 28.2 Å². The molecule has 0 saturated heterocycles. The van der Waals surface area contributed by atoms with Gasteiger partial charge in [-0.15, -0.1) is 0 Å². The summed E-state index contributed by atoms with van der Waals surface area (Å²) < 4.78 is 7.73. The second kappa shape index (κ2) is 8.78. The van der Waals surface area contributed by atoms with Crippen molar-refractivity contribution in [2.24, 2.45) is 0 Å². The van der Waals surface area contributed by atoms with Crippen molar-refractivity contribution in [3.05, 3.63) is 83.8 Å². The molecule has 0 aliphatic rings. The number of carbonyl (C=O) groups excluding carboxylic acids is 1. The van der Waals surface area contributed by atoms with E-state index in [4.69, 9.17) is 4.74 Å². The SMILES string of the molecule is Cc1cc(C)n(-c2ccc(C(=O)NCCCOc3cccc4cccnc34)cc2)n1. The predicted molar refractivity (Wildman–Crippen MR) is 117 cm³/mol. The summed E-state index contributed by atoms with van der Waals surface area (Å²) in [6.07, 6.45) is 2.47. The van der Waals surface area contributed by atoms with Crippen molar-refractivity contribution < 1.29 is 9.53 Å². The Labute approximate surface area is 175 Å². The van der Waals surface area contributed by atoms with Gasteiger partial charge in [-0.3, -0.25) is 9.78 Å². The third kappa shape index (κ3) is 4.33. The molecule has 0 aliphatic heterocycles. The number of pyridine rings is 1. The van der Waals surface area contributed by atoms with E-state index in [-0.39, 0.29) is 5.91 Å². The molecular weight excluding hydrogens is 376 g/mol. The number of ether oxygens (including phenoxy) is 1. The molecule has 6 nitrogen and oxygen atoms in total. The van der Waals surface area contributed by atoms with Gasteiger partial charge in [0.2, 0.25) is 0 Å². The lowest BCUT2D eigenvalue weighted by Gasteiger charge is -2.10. The first-order valence-electron chi connectivity index (χ1n) is 10.0. The summed E-state index contributed by atoms with van der Waals surface area (Å²) in [7, 11) is 0. The summed E-state index contributed by atoms with van der Waals surface area (Å²) in [6, 6.07) is 19.3. The zero-order chi connectivity index (χ0) is 20.9. The van der Waals surface area contributed by atoms with E-state index in [9.17, 15) is 4.79 Å². The second-order valence-corrected chi connectivity index (χ2v) is 7.17. The Bertz CT molecular complexity index is 1160. The average Bonchev–Trinajstić information content (AvgIpc) is 3.11. The summed E-state index contributed by atoms with van der Waals surface area (Å²) >= 11 is 0. The van der Waals surface area contributed by atoms with E-state index in [0.717, 1.165) is 33.7 Å². The van der Waals surface area contributed by atoms with E-state index in [0.29, 0.717) is 25.1 Å². The Morgan fingerprint density at radius 1 is 1.07 bits per heavy atom. The van der Waals surface area contributed by atoms with E-state index in [1.54, 1.807) is 6.20 Å². The molecule has 30 heavy (non-hydrogen) atoms. The van der Waals surface area contributed by atoms with Gasteiger partial charge in [-0.25, -0.2) is 4.68 Å². The highest BCUT2D eigenvalue weighted by atomic mass is 16.5. The maximum atomic E-state index is 12.4. The third-order valence-corrected chi connectivity index (χ3v) is 4.84. The maximum Gasteiger partial charge on any atom is 0.251 e. The van der Waals surface area contributed by atoms with Gasteiger partial charge < -0.3 is 10.1 Å². The van der Waals surface area contributed by atoms with Crippen molar-refractivity contribution >= 4 is 16.8 Å². The minimum Gasteiger partial charge on any atom is -0.491 e. The molecule has 0 spiro atoms. The topological polar surface area (TPSA) is 69.0 Å². The summed E-state index contributed by atoms with van der Waals surface area (Å²) in [5, 5.41) is 8.46. The largest absolute Gasteiger partial charge is 0.491 e. The molecule has 1 amide bonds. The van der Waals surface area contributed by atoms with Gasteiger partial charge in [0.25, 0.3) is 5.91 Å². The van der Waals surface area contributed by atoms with E-state index < -0.39 is 0 Å². The standard InChI is InChI=1S/C24H24N4O2/c1-17-16-18(2)28(27-17)21-11-9-20(10-12-21)24(29)26-14-5-15-30-22-8-3-6-19-7-4-13-25-23(19)22/h3-4,6-13,16H,5,14-15H2,1-2H3,(H,26,29). The van der Waals surface area contributed by atoms with Gasteiger partial charge >= 0.3 is 0 Å². The van der Waals surface area contributed by atoms with Crippen LogP contribution in [0.25, 0.3) is 16.6 Å². The van der Waals surface area contributed by atoms with Gasteiger partial charge in [-0.1, -0.05) is 18.2 Å². The van der Waals surface area contributed by atoms with Crippen LogP contribution in [-0.2, 0) is 0 Å². The predicted octanol–water partition coefficient (Wildman–Crippen LogP) is 4.24. The molecule has 0 fully saturated rings. The molecule has 0 radical (unpaired) electrons.